The fourth-order valence-electron chi connectivity index (χ4n) is 2.81. The van der Waals surface area contributed by atoms with E-state index in [9.17, 15) is 18.0 Å². The van der Waals surface area contributed by atoms with Crippen molar-refractivity contribution in [2.75, 3.05) is 13.1 Å². The zero-order valence-electron chi connectivity index (χ0n) is 10.8. The number of likely N-dealkylation sites (tertiary alicyclic amines) is 1. The standard InChI is InChI=1S/C14H15F3N2O/c15-14(16,17)11-4-2-1-3-10(11)12(20)19-7-13(18,8-19)9-5-6-9/h1-4,9H,5-8,18H2. The molecule has 20 heavy (non-hydrogen) atoms. The first-order valence-corrected chi connectivity index (χ1v) is 6.56. The first-order chi connectivity index (χ1) is 9.31. The van der Waals surface area contributed by atoms with Crippen LogP contribution in [0.4, 0.5) is 13.2 Å². The number of hydrogen-bond acceptors (Lipinski definition) is 2. The molecule has 3 nitrogen and oxygen atoms in total. The molecule has 0 bridgehead atoms. The summed E-state index contributed by atoms with van der Waals surface area (Å²) in [7, 11) is 0. The minimum absolute atomic E-state index is 0.294. The van der Waals surface area contributed by atoms with Crippen LogP contribution < -0.4 is 5.73 Å². The number of carbonyl (C=O) groups excluding carboxylic acids is 1. The van der Waals surface area contributed by atoms with Crippen molar-refractivity contribution in [1.29, 1.82) is 0 Å². The Hall–Kier alpha value is -1.56. The lowest BCUT2D eigenvalue weighted by Gasteiger charge is -2.48. The van der Waals surface area contributed by atoms with Crippen LogP contribution in [0.5, 0.6) is 0 Å². The Bertz CT molecular complexity index is 546. The van der Waals surface area contributed by atoms with Gasteiger partial charge in [0.05, 0.1) is 16.7 Å². The molecule has 0 atom stereocenters. The van der Waals surface area contributed by atoms with Crippen molar-refractivity contribution in [3.63, 3.8) is 0 Å². The van der Waals surface area contributed by atoms with Gasteiger partial charge in [0.2, 0.25) is 0 Å². The van der Waals surface area contributed by atoms with Crippen LogP contribution >= 0.6 is 0 Å². The zero-order valence-corrected chi connectivity index (χ0v) is 10.8. The highest BCUT2D eigenvalue weighted by Gasteiger charge is 2.52. The van der Waals surface area contributed by atoms with Crippen molar-refractivity contribution in [2.24, 2.45) is 11.7 Å². The first kappa shape index (κ1) is 13.4. The van der Waals surface area contributed by atoms with Crippen molar-refractivity contribution in [3.8, 4) is 0 Å². The number of carbonyl (C=O) groups is 1. The summed E-state index contributed by atoms with van der Waals surface area (Å²) in [4.78, 5) is 13.6. The summed E-state index contributed by atoms with van der Waals surface area (Å²) < 4.78 is 38.7. The van der Waals surface area contributed by atoms with Gasteiger partial charge in [0.15, 0.2) is 0 Å². The van der Waals surface area contributed by atoms with Crippen molar-refractivity contribution in [3.05, 3.63) is 35.4 Å². The van der Waals surface area contributed by atoms with Gasteiger partial charge in [-0.25, -0.2) is 0 Å². The highest BCUT2D eigenvalue weighted by atomic mass is 19.4. The molecule has 1 aliphatic heterocycles. The second-order valence-electron chi connectivity index (χ2n) is 5.71. The summed E-state index contributed by atoms with van der Waals surface area (Å²) in [6, 6.07) is 4.88. The van der Waals surface area contributed by atoms with E-state index in [0.717, 1.165) is 18.9 Å². The summed E-state index contributed by atoms with van der Waals surface area (Å²) in [5, 5.41) is 0. The highest BCUT2D eigenvalue weighted by molar-refractivity contribution is 5.96. The molecule has 2 N–H and O–H groups in total. The number of rotatable bonds is 2. The molecule has 1 heterocycles. The molecule has 1 saturated carbocycles. The molecule has 1 aliphatic carbocycles. The van der Waals surface area contributed by atoms with Gasteiger partial charge in [-0.3, -0.25) is 4.79 Å². The molecule has 0 aromatic heterocycles. The van der Waals surface area contributed by atoms with E-state index in [2.05, 4.69) is 0 Å². The molecule has 1 amide bonds. The lowest BCUT2D eigenvalue weighted by Crippen LogP contribution is -2.69. The Morgan fingerprint density at radius 3 is 2.40 bits per heavy atom. The van der Waals surface area contributed by atoms with Gasteiger partial charge in [-0.15, -0.1) is 0 Å². The smallest absolute Gasteiger partial charge is 0.335 e. The van der Waals surface area contributed by atoms with Gasteiger partial charge < -0.3 is 10.6 Å². The van der Waals surface area contributed by atoms with E-state index >= 15 is 0 Å². The number of nitrogens with two attached hydrogens (primary N) is 1. The molecule has 0 unspecified atom stereocenters. The molecule has 2 aliphatic rings. The SMILES string of the molecule is NC1(C2CC2)CN(C(=O)c2ccccc2C(F)(F)F)C1. The summed E-state index contributed by atoms with van der Waals surface area (Å²) in [5.41, 5.74) is 4.56. The topological polar surface area (TPSA) is 46.3 Å². The number of nitrogens with zero attached hydrogens (tertiary/aromatic N) is 1. The van der Waals surface area contributed by atoms with Gasteiger partial charge in [0.25, 0.3) is 5.91 Å². The van der Waals surface area contributed by atoms with E-state index in [4.69, 9.17) is 5.73 Å². The summed E-state index contributed by atoms with van der Waals surface area (Å²) in [5.74, 6) is -0.163. The maximum Gasteiger partial charge on any atom is 0.417 e. The van der Waals surface area contributed by atoms with Gasteiger partial charge in [-0.2, -0.15) is 13.2 Å². The maximum atomic E-state index is 12.9. The third kappa shape index (κ3) is 2.18. The fourth-order valence-corrected chi connectivity index (χ4v) is 2.81. The van der Waals surface area contributed by atoms with Crippen molar-refractivity contribution in [2.45, 2.75) is 24.6 Å². The Kier molecular flexibility index (Phi) is 2.83. The fraction of sp³-hybridized carbons (Fsp3) is 0.500. The van der Waals surface area contributed by atoms with Gasteiger partial charge in [-0.05, 0) is 30.9 Å². The molecule has 3 rings (SSSR count). The normalized spacial score (nSPS) is 21.5. The van der Waals surface area contributed by atoms with Crippen LogP contribution in [0.15, 0.2) is 24.3 Å². The van der Waals surface area contributed by atoms with E-state index in [1.807, 2.05) is 0 Å². The van der Waals surface area contributed by atoms with E-state index in [0.29, 0.717) is 19.0 Å². The predicted molar refractivity (Wildman–Crippen MR) is 67.0 cm³/mol. The maximum absolute atomic E-state index is 12.9. The van der Waals surface area contributed by atoms with E-state index < -0.39 is 17.6 Å². The molecule has 1 saturated heterocycles. The molecule has 2 fully saturated rings. The average molecular weight is 284 g/mol. The zero-order chi connectivity index (χ0) is 14.5. The van der Waals surface area contributed by atoms with Crippen LogP contribution in [0, 0.1) is 5.92 Å². The Labute approximate surface area is 114 Å². The van der Waals surface area contributed by atoms with E-state index in [1.54, 1.807) is 0 Å². The van der Waals surface area contributed by atoms with Crippen LogP contribution in [0.3, 0.4) is 0 Å². The molecule has 108 valence electrons. The van der Waals surface area contributed by atoms with Crippen molar-refractivity contribution < 1.29 is 18.0 Å². The van der Waals surface area contributed by atoms with Crippen molar-refractivity contribution >= 4 is 5.91 Å². The molecule has 1 aromatic carbocycles. The average Bonchev–Trinajstić information content (AvgIpc) is 3.17. The first-order valence-electron chi connectivity index (χ1n) is 6.56. The third-order valence-electron chi connectivity index (χ3n) is 4.11. The lowest BCUT2D eigenvalue weighted by molar-refractivity contribution is -0.138. The minimum atomic E-state index is -4.52. The second-order valence-corrected chi connectivity index (χ2v) is 5.71. The van der Waals surface area contributed by atoms with Crippen LogP contribution in [0.1, 0.15) is 28.8 Å². The van der Waals surface area contributed by atoms with Gasteiger partial charge in [0.1, 0.15) is 0 Å². The molecular formula is C14H15F3N2O. The molecule has 1 aromatic rings. The van der Waals surface area contributed by atoms with Gasteiger partial charge in [0, 0.05) is 13.1 Å². The Morgan fingerprint density at radius 2 is 1.85 bits per heavy atom. The number of hydrogen-bond donors (Lipinski definition) is 1. The molecule has 0 spiro atoms. The van der Waals surface area contributed by atoms with Gasteiger partial charge >= 0.3 is 6.18 Å². The number of alkyl halides is 3. The Morgan fingerprint density at radius 1 is 1.25 bits per heavy atom. The van der Waals surface area contributed by atoms with E-state index in [-0.39, 0.29) is 11.1 Å². The molecular weight excluding hydrogens is 269 g/mol. The Balaban J connectivity index is 1.79. The summed E-state index contributed by atoms with van der Waals surface area (Å²) >= 11 is 0. The number of halogens is 3. The lowest BCUT2D eigenvalue weighted by atomic mass is 9.85. The van der Waals surface area contributed by atoms with Crippen molar-refractivity contribution in [1.82, 2.24) is 4.90 Å². The molecule has 6 heteroatoms. The second kappa shape index (κ2) is 4.22. The van der Waals surface area contributed by atoms with E-state index in [1.165, 1.54) is 23.1 Å². The molecule has 0 radical (unpaired) electrons. The largest absolute Gasteiger partial charge is 0.417 e. The van der Waals surface area contributed by atoms with Gasteiger partial charge in [-0.1, -0.05) is 12.1 Å². The quantitative estimate of drug-likeness (QED) is 0.905. The highest BCUT2D eigenvalue weighted by Crippen LogP contribution is 2.43. The van der Waals surface area contributed by atoms with Crippen LogP contribution in [0.25, 0.3) is 0 Å². The van der Waals surface area contributed by atoms with Crippen LogP contribution in [-0.2, 0) is 6.18 Å². The third-order valence-corrected chi connectivity index (χ3v) is 4.11. The predicted octanol–water partition coefficient (Wildman–Crippen LogP) is 2.27. The van der Waals surface area contributed by atoms with Crippen LogP contribution in [0.2, 0.25) is 0 Å². The number of benzene rings is 1. The van der Waals surface area contributed by atoms with Crippen LogP contribution in [-0.4, -0.2) is 29.4 Å². The summed E-state index contributed by atoms with van der Waals surface area (Å²) in [6.45, 7) is 0.700. The minimum Gasteiger partial charge on any atom is -0.335 e. The monoisotopic (exact) mass is 284 g/mol. The number of amides is 1. The summed E-state index contributed by atoms with van der Waals surface area (Å²) in [6.07, 6.45) is -2.41.